The molecule has 2 aliphatic heterocycles. The van der Waals surface area contributed by atoms with Gasteiger partial charge in [-0.25, -0.2) is 0 Å². The molecular weight excluding hydrogens is 382 g/mol. The van der Waals surface area contributed by atoms with Gasteiger partial charge in [0, 0.05) is 0 Å². The molecule has 2 rings (SSSR count). The van der Waals surface area contributed by atoms with Gasteiger partial charge in [0.05, 0.1) is 19.6 Å². The molecule has 0 amide bonds. The van der Waals surface area contributed by atoms with Crippen LogP contribution in [-0.4, -0.2) is 0 Å². The van der Waals surface area contributed by atoms with Crippen molar-refractivity contribution in [2.24, 2.45) is 20.5 Å². The summed E-state index contributed by atoms with van der Waals surface area (Å²) >= 11 is 4.35. The second-order valence-electron chi connectivity index (χ2n) is 2.08. The second-order valence-corrected chi connectivity index (χ2v) is 4.41. The van der Waals surface area contributed by atoms with Crippen LogP contribution < -0.4 is 0 Å². The average molecular weight is 384 g/mol. The van der Waals surface area contributed by atoms with Crippen molar-refractivity contribution in [3.63, 3.8) is 0 Å². The number of azo groups is 2. The molecule has 0 bridgehead atoms. The first-order valence-electron chi connectivity index (χ1n) is 3.07. The van der Waals surface area contributed by atoms with E-state index in [0.717, 1.165) is 18.6 Å². The number of allylic oxidation sites excluding steroid dienone is 2. The maximum absolute atomic E-state index is 3.95. The van der Waals surface area contributed by atoms with Crippen LogP contribution in [0.3, 0.4) is 0 Å². The molecule has 2 heterocycles. The van der Waals surface area contributed by atoms with Crippen LogP contribution in [0.5, 0.6) is 0 Å². The van der Waals surface area contributed by atoms with Gasteiger partial charge in [-0.2, -0.15) is 10.2 Å². The summed E-state index contributed by atoms with van der Waals surface area (Å²) in [7, 11) is 0. The Morgan fingerprint density at radius 2 is 1.25 bits per heavy atom. The lowest BCUT2D eigenvalue weighted by Gasteiger charge is -1.95. The molecule has 0 fully saturated rings. The molecule has 0 N–H and O–H groups in total. The zero-order chi connectivity index (χ0) is 8.55. The fourth-order valence-electron chi connectivity index (χ4n) is 0.813. The van der Waals surface area contributed by atoms with Crippen LogP contribution in [0.1, 0.15) is 0 Å². The number of hydrogen-bond donors (Lipinski definition) is 0. The first kappa shape index (κ1) is 8.48. The molecule has 2 aliphatic rings. The highest BCUT2D eigenvalue weighted by Crippen LogP contribution is 2.35. The molecule has 4 nitrogen and oxygen atoms in total. The van der Waals surface area contributed by atoms with Crippen molar-refractivity contribution in [3.8, 4) is 0 Å². The van der Waals surface area contributed by atoms with E-state index in [4.69, 9.17) is 0 Å². The summed E-state index contributed by atoms with van der Waals surface area (Å²) in [5.74, 6) is 0. The Morgan fingerprint density at radius 1 is 0.833 bits per heavy atom. The summed E-state index contributed by atoms with van der Waals surface area (Å²) in [5, 5.41) is 15.5. The predicted octanol–water partition coefficient (Wildman–Crippen LogP) is 3.68. The van der Waals surface area contributed by atoms with Crippen molar-refractivity contribution in [2.45, 2.75) is 0 Å². The van der Waals surface area contributed by atoms with Gasteiger partial charge in [-0.15, -0.1) is 10.2 Å². The summed E-state index contributed by atoms with van der Waals surface area (Å²) in [4.78, 5) is 0. The molecule has 6 heteroatoms. The first-order chi connectivity index (χ1) is 5.79. The van der Waals surface area contributed by atoms with Gasteiger partial charge in [-0.05, 0) is 45.2 Å². The van der Waals surface area contributed by atoms with E-state index < -0.39 is 0 Å². The molecule has 0 aromatic rings. The van der Waals surface area contributed by atoms with E-state index in [0.29, 0.717) is 0 Å². The van der Waals surface area contributed by atoms with Gasteiger partial charge in [-0.3, -0.25) is 0 Å². The number of rotatable bonds is 0. The van der Waals surface area contributed by atoms with Gasteiger partial charge in [0.2, 0.25) is 0 Å². The normalized spacial score (nSPS) is 26.5. The van der Waals surface area contributed by atoms with Crippen molar-refractivity contribution in [2.75, 3.05) is 0 Å². The molecule has 12 heavy (non-hydrogen) atoms. The summed E-state index contributed by atoms with van der Waals surface area (Å²) in [6.07, 6.45) is 3.42. The summed E-state index contributed by atoms with van der Waals surface area (Å²) in [6.45, 7) is 0. The van der Waals surface area contributed by atoms with Gasteiger partial charge in [0.1, 0.15) is 11.4 Å². The van der Waals surface area contributed by atoms with Crippen molar-refractivity contribution in [1.29, 1.82) is 0 Å². The van der Waals surface area contributed by atoms with Crippen molar-refractivity contribution in [3.05, 3.63) is 31.0 Å². The minimum absolute atomic E-state index is 0.817. The van der Waals surface area contributed by atoms with E-state index in [9.17, 15) is 0 Å². The predicted molar refractivity (Wildman–Crippen MR) is 60.9 cm³/mol. The maximum atomic E-state index is 3.95. The Morgan fingerprint density at radius 3 is 1.50 bits per heavy atom. The SMILES string of the molecule is IC1=CN=NC1=C1N=NC=C1I. The Bertz CT molecular complexity index is 339. The maximum Gasteiger partial charge on any atom is 0.129 e. The van der Waals surface area contributed by atoms with Crippen LogP contribution in [0.25, 0.3) is 0 Å². The van der Waals surface area contributed by atoms with Crippen LogP contribution >= 0.6 is 45.2 Å². The standard InChI is InChI=1S/C6H2I2N4/c7-3-1-9-11-5(3)6-4(8)2-10-12-6/h1-2H. The third-order valence-electron chi connectivity index (χ3n) is 1.33. The Labute approximate surface area is 95.9 Å². The van der Waals surface area contributed by atoms with E-state index in [1.165, 1.54) is 0 Å². The lowest BCUT2D eigenvalue weighted by molar-refractivity contribution is 1.15. The largest absolute Gasteiger partial charge is 0.157 e. The zero-order valence-corrected chi connectivity index (χ0v) is 10.0. The van der Waals surface area contributed by atoms with Gasteiger partial charge >= 0.3 is 0 Å². The zero-order valence-electron chi connectivity index (χ0n) is 5.70. The molecule has 0 saturated heterocycles. The lowest BCUT2D eigenvalue weighted by Crippen LogP contribution is -1.81. The summed E-state index contributed by atoms with van der Waals surface area (Å²) in [6, 6.07) is 0. The van der Waals surface area contributed by atoms with Gasteiger partial charge in [0.15, 0.2) is 0 Å². The van der Waals surface area contributed by atoms with Gasteiger partial charge in [0.25, 0.3) is 0 Å². The summed E-state index contributed by atoms with van der Waals surface area (Å²) in [5.41, 5.74) is 1.63. The van der Waals surface area contributed by atoms with E-state index in [1.54, 1.807) is 12.4 Å². The summed E-state index contributed by atoms with van der Waals surface area (Å²) < 4.78 is 2.01. The van der Waals surface area contributed by atoms with Gasteiger partial charge in [-0.1, -0.05) is 0 Å². The molecule has 0 aromatic carbocycles. The average Bonchev–Trinajstić information content (AvgIpc) is 2.59. The lowest BCUT2D eigenvalue weighted by atomic mass is 10.3. The van der Waals surface area contributed by atoms with E-state index in [1.807, 2.05) is 0 Å². The van der Waals surface area contributed by atoms with Crippen LogP contribution in [0.4, 0.5) is 0 Å². The molecular formula is C6H2I2N4. The topological polar surface area (TPSA) is 49.4 Å². The van der Waals surface area contributed by atoms with Crippen LogP contribution in [0.2, 0.25) is 0 Å². The molecule has 0 saturated carbocycles. The third-order valence-corrected chi connectivity index (χ3v) is 2.91. The molecule has 0 radical (unpaired) electrons. The van der Waals surface area contributed by atoms with E-state index in [-0.39, 0.29) is 0 Å². The number of hydrogen-bond acceptors (Lipinski definition) is 4. The minimum atomic E-state index is 0.817. The molecule has 0 aliphatic carbocycles. The van der Waals surface area contributed by atoms with Crippen LogP contribution in [-0.2, 0) is 0 Å². The molecule has 0 atom stereocenters. The van der Waals surface area contributed by atoms with Crippen LogP contribution in [0, 0.1) is 0 Å². The highest BCUT2D eigenvalue weighted by molar-refractivity contribution is 14.1. The quantitative estimate of drug-likeness (QED) is 0.573. The number of halogens is 2. The van der Waals surface area contributed by atoms with E-state index >= 15 is 0 Å². The Hall–Kier alpha value is -0.120. The van der Waals surface area contributed by atoms with Crippen molar-refractivity contribution in [1.82, 2.24) is 0 Å². The first-order valence-corrected chi connectivity index (χ1v) is 5.23. The van der Waals surface area contributed by atoms with Crippen LogP contribution in [0.15, 0.2) is 51.4 Å². The Balaban J connectivity index is 2.52. The van der Waals surface area contributed by atoms with Crippen molar-refractivity contribution < 1.29 is 0 Å². The smallest absolute Gasteiger partial charge is 0.129 e. The third kappa shape index (κ3) is 1.37. The fraction of sp³-hybridized carbons (Fsp3) is 0. The number of nitrogens with zero attached hydrogens (tertiary/aromatic N) is 4. The molecule has 0 aromatic heterocycles. The molecule has 0 spiro atoms. The second kappa shape index (κ2) is 3.32. The fourth-order valence-corrected chi connectivity index (χ4v) is 1.79. The molecule has 60 valence electrons. The minimum Gasteiger partial charge on any atom is -0.157 e. The van der Waals surface area contributed by atoms with Crippen molar-refractivity contribution >= 4 is 45.2 Å². The van der Waals surface area contributed by atoms with E-state index in [2.05, 4.69) is 65.6 Å². The highest BCUT2D eigenvalue weighted by Gasteiger charge is 2.17. The highest BCUT2D eigenvalue weighted by atomic mass is 127. The van der Waals surface area contributed by atoms with Gasteiger partial charge < -0.3 is 0 Å². The Kier molecular flexibility index (Phi) is 2.35. The molecule has 0 unspecified atom stereocenters. The monoisotopic (exact) mass is 384 g/mol.